The third-order valence-corrected chi connectivity index (χ3v) is 5.91. The Morgan fingerprint density at radius 3 is 2.53 bits per heavy atom. The Balaban J connectivity index is 1.52. The van der Waals surface area contributed by atoms with Crippen molar-refractivity contribution in [2.75, 3.05) is 25.9 Å². The topological polar surface area (TPSA) is 94.8 Å². The Morgan fingerprint density at radius 1 is 1.20 bits per heavy atom. The zero-order valence-electron chi connectivity index (χ0n) is 17.8. The predicted molar refractivity (Wildman–Crippen MR) is 113 cm³/mol. The van der Waals surface area contributed by atoms with E-state index in [4.69, 9.17) is 15.2 Å². The van der Waals surface area contributed by atoms with Crippen molar-refractivity contribution < 1.29 is 19.1 Å². The second-order valence-corrected chi connectivity index (χ2v) is 9.14. The van der Waals surface area contributed by atoms with Crippen LogP contribution >= 0.6 is 0 Å². The average molecular weight is 409 g/mol. The van der Waals surface area contributed by atoms with Gasteiger partial charge in [-0.05, 0) is 50.3 Å². The highest BCUT2D eigenvalue weighted by Gasteiger charge is 2.62. The number of carbonyl (C=O) groups excluding carboxylic acids is 2. The monoisotopic (exact) mass is 409 g/mol. The standard InChI is InChI=1S/C23H27N3O4/c1-22(2,3)30-21(28)26-12-17-10-23(17,13-26)16-7-5-14(6-8-16)15-9-18(20(27)29-4)19(24)25-11-15/h5-9,11,17H,10,12-13H2,1-4H3,(H2,24,25). The Morgan fingerprint density at radius 2 is 1.90 bits per heavy atom. The summed E-state index contributed by atoms with van der Waals surface area (Å²) in [6.45, 7) is 7.07. The minimum Gasteiger partial charge on any atom is -0.465 e. The Bertz CT molecular complexity index is 996. The summed E-state index contributed by atoms with van der Waals surface area (Å²) in [6.07, 6.45) is 2.49. The number of anilines is 1. The van der Waals surface area contributed by atoms with Gasteiger partial charge in [0.2, 0.25) is 0 Å². The molecule has 2 aliphatic rings. The number of benzene rings is 1. The molecule has 1 saturated heterocycles. The quantitative estimate of drug-likeness (QED) is 0.778. The minimum atomic E-state index is -0.508. The number of likely N-dealkylation sites (tertiary alicyclic amines) is 1. The number of rotatable bonds is 3. The lowest BCUT2D eigenvalue weighted by atomic mass is 9.93. The number of esters is 1. The van der Waals surface area contributed by atoms with Crippen molar-refractivity contribution >= 4 is 17.9 Å². The van der Waals surface area contributed by atoms with Gasteiger partial charge in [-0.15, -0.1) is 0 Å². The van der Waals surface area contributed by atoms with Crippen molar-refractivity contribution in [3.05, 3.63) is 47.7 Å². The summed E-state index contributed by atoms with van der Waals surface area (Å²) in [5, 5.41) is 0. The number of pyridine rings is 1. The molecule has 2 fully saturated rings. The maximum Gasteiger partial charge on any atom is 0.410 e. The van der Waals surface area contributed by atoms with Crippen LogP contribution in [0.25, 0.3) is 11.1 Å². The molecule has 2 atom stereocenters. The summed E-state index contributed by atoms with van der Waals surface area (Å²) < 4.78 is 10.3. The van der Waals surface area contributed by atoms with Gasteiger partial charge in [0.25, 0.3) is 0 Å². The van der Waals surface area contributed by atoms with Gasteiger partial charge in [-0.3, -0.25) is 0 Å². The van der Waals surface area contributed by atoms with Gasteiger partial charge in [-0.2, -0.15) is 0 Å². The van der Waals surface area contributed by atoms with Crippen LogP contribution in [0.2, 0.25) is 0 Å². The molecule has 4 rings (SSSR count). The highest BCUT2D eigenvalue weighted by atomic mass is 16.6. The number of hydrogen-bond donors (Lipinski definition) is 1. The number of hydrogen-bond acceptors (Lipinski definition) is 6. The number of nitrogens with zero attached hydrogens (tertiary/aromatic N) is 2. The Kier molecular flexibility index (Phi) is 4.71. The molecule has 1 aliphatic carbocycles. The fourth-order valence-electron chi connectivity index (χ4n) is 4.30. The van der Waals surface area contributed by atoms with Gasteiger partial charge >= 0.3 is 12.1 Å². The predicted octanol–water partition coefficient (Wildman–Crippen LogP) is 3.63. The van der Waals surface area contributed by atoms with Crippen LogP contribution in [0.5, 0.6) is 0 Å². The zero-order valence-corrected chi connectivity index (χ0v) is 17.8. The minimum absolute atomic E-state index is 0.0198. The van der Waals surface area contributed by atoms with E-state index in [0.29, 0.717) is 12.5 Å². The van der Waals surface area contributed by atoms with Crippen molar-refractivity contribution in [1.29, 1.82) is 0 Å². The van der Waals surface area contributed by atoms with Gasteiger partial charge < -0.3 is 20.1 Å². The molecule has 1 amide bonds. The fraction of sp³-hybridized carbons (Fsp3) is 0.435. The van der Waals surface area contributed by atoms with Gasteiger partial charge in [0.05, 0.1) is 7.11 Å². The van der Waals surface area contributed by atoms with Crippen molar-refractivity contribution in [3.8, 4) is 11.1 Å². The summed E-state index contributed by atoms with van der Waals surface area (Å²) >= 11 is 0. The lowest BCUT2D eigenvalue weighted by molar-refractivity contribution is 0.0270. The average Bonchev–Trinajstić information content (AvgIpc) is 3.27. The Hall–Kier alpha value is -3.09. The van der Waals surface area contributed by atoms with Crippen molar-refractivity contribution in [2.45, 2.75) is 38.2 Å². The summed E-state index contributed by atoms with van der Waals surface area (Å²) in [7, 11) is 1.32. The molecule has 7 nitrogen and oxygen atoms in total. The number of amides is 1. The maximum atomic E-state index is 12.4. The lowest BCUT2D eigenvalue weighted by Gasteiger charge is -2.26. The number of methoxy groups -OCH3 is 1. The van der Waals surface area contributed by atoms with E-state index < -0.39 is 11.6 Å². The van der Waals surface area contributed by atoms with E-state index in [9.17, 15) is 9.59 Å². The van der Waals surface area contributed by atoms with Crippen LogP contribution in [0.4, 0.5) is 10.6 Å². The molecule has 0 spiro atoms. The van der Waals surface area contributed by atoms with E-state index in [2.05, 4.69) is 17.1 Å². The fourth-order valence-corrected chi connectivity index (χ4v) is 4.30. The van der Waals surface area contributed by atoms with Gasteiger partial charge in [-0.1, -0.05) is 24.3 Å². The molecule has 2 N–H and O–H groups in total. The van der Waals surface area contributed by atoms with Crippen LogP contribution in [0.15, 0.2) is 36.5 Å². The third-order valence-electron chi connectivity index (χ3n) is 5.91. The molecule has 30 heavy (non-hydrogen) atoms. The molecule has 2 aromatic rings. The number of piperidine rings is 1. The first-order valence-electron chi connectivity index (χ1n) is 10.1. The van der Waals surface area contributed by atoms with E-state index in [1.54, 1.807) is 12.3 Å². The molecule has 2 heterocycles. The third kappa shape index (κ3) is 3.60. The molecule has 1 saturated carbocycles. The number of nitrogens with two attached hydrogens (primary N) is 1. The van der Waals surface area contributed by atoms with Crippen LogP contribution in [-0.4, -0.2) is 47.7 Å². The van der Waals surface area contributed by atoms with E-state index >= 15 is 0 Å². The SMILES string of the molecule is COC(=O)c1cc(-c2ccc(C34CC3CN(C(=O)OC(C)(C)C)C4)cc2)cnc1N. The summed E-state index contributed by atoms with van der Waals surface area (Å²) in [5.74, 6) is 0.112. The van der Waals surface area contributed by atoms with E-state index in [-0.39, 0.29) is 22.9 Å². The van der Waals surface area contributed by atoms with E-state index in [0.717, 1.165) is 24.1 Å². The van der Waals surface area contributed by atoms with Crippen LogP contribution in [-0.2, 0) is 14.9 Å². The highest BCUT2D eigenvalue weighted by Crippen LogP contribution is 2.59. The largest absolute Gasteiger partial charge is 0.465 e. The van der Waals surface area contributed by atoms with Crippen LogP contribution < -0.4 is 5.73 Å². The summed E-state index contributed by atoms with van der Waals surface area (Å²) in [5.41, 5.74) is 8.53. The first kappa shape index (κ1) is 20.2. The lowest BCUT2D eigenvalue weighted by Crippen LogP contribution is -2.37. The smallest absolute Gasteiger partial charge is 0.410 e. The zero-order chi connectivity index (χ0) is 21.7. The first-order valence-corrected chi connectivity index (χ1v) is 10.1. The first-order chi connectivity index (χ1) is 14.1. The molecular weight excluding hydrogens is 382 g/mol. The molecule has 7 heteroatoms. The van der Waals surface area contributed by atoms with Crippen molar-refractivity contribution in [2.24, 2.45) is 5.92 Å². The van der Waals surface area contributed by atoms with E-state index in [1.165, 1.54) is 12.7 Å². The summed E-state index contributed by atoms with van der Waals surface area (Å²) in [6, 6.07) is 9.93. The molecule has 1 aliphatic heterocycles. The molecular formula is C23H27N3O4. The number of ether oxygens (including phenoxy) is 2. The van der Waals surface area contributed by atoms with E-state index in [1.807, 2.05) is 37.8 Å². The number of nitrogen functional groups attached to an aromatic ring is 1. The molecule has 1 aromatic heterocycles. The molecule has 2 unspecified atom stereocenters. The number of aromatic nitrogens is 1. The van der Waals surface area contributed by atoms with Gasteiger partial charge in [0, 0.05) is 30.3 Å². The highest BCUT2D eigenvalue weighted by molar-refractivity contribution is 5.95. The second kappa shape index (κ2) is 7.00. The van der Waals surface area contributed by atoms with Gasteiger partial charge in [-0.25, -0.2) is 14.6 Å². The van der Waals surface area contributed by atoms with Crippen molar-refractivity contribution in [1.82, 2.24) is 9.88 Å². The van der Waals surface area contributed by atoms with Crippen LogP contribution in [0.1, 0.15) is 43.1 Å². The normalized spacial score (nSPS) is 22.4. The maximum absolute atomic E-state index is 12.4. The molecule has 0 radical (unpaired) electrons. The van der Waals surface area contributed by atoms with Gasteiger partial charge in [0.1, 0.15) is 17.0 Å². The molecule has 0 bridgehead atoms. The Labute approximate surface area is 176 Å². The molecule has 1 aromatic carbocycles. The van der Waals surface area contributed by atoms with Gasteiger partial charge in [0.15, 0.2) is 0 Å². The van der Waals surface area contributed by atoms with Crippen LogP contribution in [0, 0.1) is 5.92 Å². The molecule has 158 valence electrons. The summed E-state index contributed by atoms with van der Waals surface area (Å²) in [4.78, 5) is 30.3. The van der Waals surface area contributed by atoms with Crippen LogP contribution in [0.3, 0.4) is 0 Å². The van der Waals surface area contributed by atoms with Crippen molar-refractivity contribution in [3.63, 3.8) is 0 Å². The number of fused-ring (bicyclic) bond motifs is 1. The second-order valence-electron chi connectivity index (χ2n) is 9.14. The number of carbonyl (C=O) groups is 2.